The van der Waals surface area contributed by atoms with Crippen LogP contribution < -0.4 is 4.72 Å². The minimum atomic E-state index is -1.69. The first-order valence-corrected chi connectivity index (χ1v) is 9.91. The highest BCUT2D eigenvalue weighted by molar-refractivity contribution is 9.10. The Hall–Kier alpha value is -1.19. The summed E-state index contributed by atoms with van der Waals surface area (Å²) in [6.45, 7) is 5.53. The average Bonchev–Trinajstić information content (AvgIpc) is 2.59. The Morgan fingerprint density at radius 1 is 1.19 bits per heavy atom. The van der Waals surface area contributed by atoms with Crippen LogP contribution >= 0.6 is 15.9 Å². The first-order valence-electron chi connectivity index (χ1n) is 7.97. The molecular weight excluding hydrogens is 424 g/mol. The van der Waals surface area contributed by atoms with Gasteiger partial charge < -0.3 is 4.55 Å². The second kappa shape index (κ2) is 8.67. The fourth-order valence-electron chi connectivity index (χ4n) is 2.20. The van der Waals surface area contributed by atoms with Gasteiger partial charge >= 0.3 is 0 Å². The lowest BCUT2D eigenvalue weighted by Crippen LogP contribution is -2.53. The van der Waals surface area contributed by atoms with Crippen LogP contribution in [0.3, 0.4) is 0 Å². The zero-order valence-corrected chi connectivity index (χ0v) is 17.6. The van der Waals surface area contributed by atoms with Gasteiger partial charge in [0.2, 0.25) is 0 Å². The fraction of sp³-hybridized carbons (Fsp3) is 0.556. The Morgan fingerprint density at radius 2 is 1.77 bits per heavy atom. The fourth-order valence-corrected chi connectivity index (χ4v) is 3.49. The third-order valence-electron chi connectivity index (χ3n) is 4.06. The van der Waals surface area contributed by atoms with Crippen LogP contribution in [-0.2, 0) is 16.9 Å². The second-order valence-corrected chi connectivity index (χ2v) is 10.3. The minimum absolute atomic E-state index is 0.00482. The highest BCUT2D eigenvalue weighted by Gasteiger charge is 2.44. The lowest BCUT2D eigenvalue weighted by molar-refractivity contribution is 0.238. The molecule has 26 heavy (non-hydrogen) atoms. The summed E-state index contributed by atoms with van der Waals surface area (Å²) in [5, 5.41) is 18.4. The van der Waals surface area contributed by atoms with Crippen LogP contribution in [0.2, 0.25) is 0 Å². The first kappa shape index (κ1) is 22.9. The molecular formula is C18H22BrF2N3OS. The van der Waals surface area contributed by atoms with Crippen LogP contribution in [0.4, 0.5) is 8.78 Å². The minimum Gasteiger partial charge on any atom is -0.598 e. The van der Waals surface area contributed by atoms with Crippen molar-refractivity contribution < 1.29 is 13.3 Å². The SMILES string of the molecule is CC(C#N)(C#N)CC[C@](CF)(N[S+]([O-])C(C)(C)C)c1cc(Br)ccc1F. The number of alkyl halides is 1. The van der Waals surface area contributed by atoms with Gasteiger partial charge in [0, 0.05) is 21.4 Å². The molecule has 0 aliphatic carbocycles. The molecule has 0 aromatic heterocycles. The van der Waals surface area contributed by atoms with Gasteiger partial charge in [-0.15, -0.1) is 4.72 Å². The average molecular weight is 446 g/mol. The van der Waals surface area contributed by atoms with Crippen molar-refractivity contribution in [2.45, 2.75) is 50.8 Å². The second-order valence-electron chi connectivity index (χ2n) is 7.38. The lowest BCUT2D eigenvalue weighted by atomic mass is 9.80. The van der Waals surface area contributed by atoms with Gasteiger partial charge in [-0.1, -0.05) is 15.9 Å². The standard InChI is InChI=1S/C18H22BrF2N3OS/c1-16(2,3)26(25)24-18(10-20,8-7-17(4,11-22)12-23)14-9-13(19)5-6-15(14)21/h5-6,9,24H,7-8,10H2,1-4H3/t18-,26?/m1/s1. The molecule has 1 unspecified atom stereocenters. The highest BCUT2D eigenvalue weighted by atomic mass is 79.9. The Kier molecular flexibility index (Phi) is 7.62. The van der Waals surface area contributed by atoms with E-state index in [1.807, 2.05) is 12.1 Å². The van der Waals surface area contributed by atoms with E-state index < -0.39 is 39.6 Å². The van der Waals surface area contributed by atoms with E-state index in [4.69, 9.17) is 0 Å². The zero-order chi connectivity index (χ0) is 20.2. The largest absolute Gasteiger partial charge is 0.598 e. The third-order valence-corrected chi connectivity index (χ3v) is 6.24. The molecule has 8 heteroatoms. The van der Waals surface area contributed by atoms with Crippen molar-refractivity contribution in [3.05, 3.63) is 34.1 Å². The van der Waals surface area contributed by atoms with Gasteiger partial charge in [-0.3, -0.25) is 0 Å². The maximum Gasteiger partial charge on any atom is 0.141 e. The topological polar surface area (TPSA) is 82.7 Å². The smallest absolute Gasteiger partial charge is 0.141 e. The first-order chi connectivity index (χ1) is 11.9. The summed E-state index contributed by atoms with van der Waals surface area (Å²) in [5.74, 6) is -0.653. The van der Waals surface area contributed by atoms with E-state index in [2.05, 4.69) is 20.7 Å². The predicted molar refractivity (Wildman–Crippen MR) is 101 cm³/mol. The monoisotopic (exact) mass is 445 g/mol. The van der Waals surface area contributed by atoms with E-state index in [1.165, 1.54) is 25.1 Å². The molecule has 0 radical (unpaired) electrons. The maximum atomic E-state index is 14.5. The summed E-state index contributed by atoms with van der Waals surface area (Å²) < 4.78 is 44.0. The summed E-state index contributed by atoms with van der Waals surface area (Å²) >= 11 is 1.55. The van der Waals surface area contributed by atoms with E-state index >= 15 is 0 Å². The van der Waals surface area contributed by atoms with Crippen LogP contribution in [-0.4, -0.2) is 16.0 Å². The zero-order valence-electron chi connectivity index (χ0n) is 15.2. The highest BCUT2D eigenvalue weighted by Crippen LogP contribution is 2.37. The summed E-state index contributed by atoms with van der Waals surface area (Å²) in [6, 6.07) is 7.90. The van der Waals surface area contributed by atoms with Gasteiger partial charge in [-0.05, 0) is 58.7 Å². The van der Waals surface area contributed by atoms with Crippen molar-refractivity contribution in [3.63, 3.8) is 0 Å². The van der Waals surface area contributed by atoms with Crippen molar-refractivity contribution in [1.82, 2.24) is 4.72 Å². The molecule has 0 bridgehead atoms. The molecule has 2 atom stereocenters. The van der Waals surface area contributed by atoms with Crippen molar-refractivity contribution in [3.8, 4) is 12.1 Å². The molecule has 4 nitrogen and oxygen atoms in total. The van der Waals surface area contributed by atoms with Crippen LogP contribution in [0.15, 0.2) is 22.7 Å². The molecule has 0 fully saturated rings. The number of nitrogens with zero attached hydrogens (tertiary/aromatic N) is 2. The van der Waals surface area contributed by atoms with Gasteiger partial charge in [0.1, 0.15) is 28.2 Å². The number of hydrogen-bond acceptors (Lipinski definition) is 4. The Balaban J connectivity index is 3.42. The number of hydrogen-bond donors (Lipinski definition) is 1. The predicted octanol–water partition coefficient (Wildman–Crippen LogP) is 4.64. The summed E-state index contributed by atoms with van der Waals surface area (Å²) in [6.07, 6.45) is -0.0828. The third kappa shape index (κ3) is 5.40. The molecule has 142 valence electrons. The van der Waals surface area contributed by atoms with Gasteiger partial charge in [-0.25, -0.2) is 8.78 Å². The van der Waals surface area contributed by atoms with Crippen molar-refractivity contribution in [2.24, 2.45) is 5.41 Å². The number of benzene rings is 1. The van der Waals surface area contributed by atoms with Gasteiger partial charge in [0.25, 0.3) is 0 Å². The van der Waals surface area contributed by atoms with E-state index in [0.29, 0.717) is 4.47 Å². The van der Waals surface area contributed by atoms with Gasteiger partial charge in [0.05, 0.1) is 12.1 Å². The molecule has 0 spiro atoms. The van der Waals surface area contributed by atoms with E-state index in [0.717, 1.165) is 0 Å². The molecule has 0 heterocycles. The number of halogens is 3. The summed E-state index contributed by atoms with van der Waals surface area (Å²) in [5.41, 5.74) is -2.97. The molecule has 0 amide bonds. The maximum absolute atomic E-state index is 14.5. The lowest BCUT2D eigenvalue weighted by Gasteiger charge is -2.37. The Labute approximate surface area is 165 Å². The quantitative estimate of drug-likeness (QED) is 0.619. The molecule has 1 aromatic carbocycles. The van der Waals surface area contributed by atoms with Crippen molar-refractivity contribution in [2.75, 3.05) is 6.67 Å². The van der Waals surface area contributed by atoms with E-state index in [9.17, 15) is 23.9 Å². The Bertz CT molecular complexity index is 713. The van der Waals surface area contributed by atoms with Gasteiger partial charge in [-0.2, -0.15) is 10.5 Å². The normalized spacial score (nSPS) is 15.6. The molecule has 0 saturated carbocycles. The van der Waals surface area contributed by atoms with E-state index in [1.54, 1.807) is 20.8 Å². The number of nitriles is 2. The number of rotatable bonds is 7. The molecule has 1 N–H and O–H groups in total. The summed E-state index contributed by atoms with van der Waals surface area (Å²) in [7, 11) is 0. The molecule has 0 saturated heterocycles. The molecule has 1 rings (SSSR count). The van der Waals surface area contributed by atoms with Crippen LogP contribution in [0.25, 0.3) is 0 Å². The number of nitrogens with one attached hydrogen (secondary N) is 1. The van der Waals surface area contributed by atoms with Crippen molar-refractivity contribution in [1.29, 1.82) is 10.5 Å². The van der Waals surface area contributed by atoms with Crippen LogP contribution in [0, 0.1) is 33.9 Å². The van der Waals surface area contributed by atoms with Gasteiger partial charge in [0.15, 0.2) is 0 Å². The van der Waals surface area contributed by atoms with E-state index in [-0.39, 0.29) is 18.4 Å². The summed E-state index contributed by atoms with van der Waals surface area (Å²) in [4.78, 5) is 0. The van der Waals surface area contributed by atoms with Crippen LogP contribution in [0.5, 0.6) is 0 Å². The van der Waals surface area contributed by atoms with Crippen molar-refractivity contribution >= 4 is 27.3 Å². The molecule has 0 aliphatic heterocycles. The van der Waals surface area contributed by atoms with Crippen LogP contribution in [0.1, 0.15) is 46.1 Å². The molecule has 1 aromatic rings. The Morgan fingerprint density at radius 3 is 2.23 bits per heavy atom. The molecule has 0 aliphatic rings.